The molecule has 0 bridgehead atoms. The van der Waals surface area contributed by atoms with Crippen molar-refractivity contribution in [1.29, 1.82) is 0 Å². The molecule has 0 amide bonds. The summed E-state index contributed by atoms with van der Waals surface area (Å²) in [4.78, 5) is 11.8. The van der Waals surface area contributed by atoms with Gasteiger partial charge >= 0.3 is 5.69 Å². The van der Waals surface area contributed by atoms with Crippen molar-refractivity contribution in [3.63, 3.8) is 0 Å². The molecule has 94 valence electrons. The van der Waals surface area contributed by atoms with Gasteiger partial charge in [-0.3, -0.25) is 4.79 Å². The van der Waals surface area contributed by atoms with Crippen molar-refractivity contribution in [2.24, 2.45) is 0 Å². The third kappa shape index (κ3) is 2.78. The highest BCUT2D eigenvalue weighted by Gasteiger charge is 2.29. The highest BCUT2D eigenvalue weighted by molar-refractivity contribution is 9.25. The fraction of sp³-hybridized carbons (Fsp3) is 0.182. The van der Waals surface area contributed by atoms with E-state index in [0.717, 1.165) is 5.56 Å². The largest absolute Gasteiger partial charge is 0.539 e. The van der Waals surface area contributed by atoms with E-state index in [9.17, 15) is 9.90 Å². The molecule has 1 aromatic heterocycles. The second-order valence-electron chi connectivity index (χ2n) is 3.52. The molecule has 0 atom stereocenters. The molecule has 2 aromatic rings. The Labute approximate surface area is 120 Å². The molecule has 0 aliphatic rings. The zero-order chi connectivity index (χ0) is 13.1. The van der Waals surface area contributed by atoms with Crippen LogP contribution in [0.3, 0.4) is 0 Å². The molecule has 1 heterocycles. The summed E-state index contributed by atoms with van der Waals surface area (Å²) in [6, 6.07) is 9.37. The fourth-order valence-electron chi connectivity index (χ4n) is 1.47. The van der Waals surface area contributed by atoms with E-state index in [4.69, 9.17) is 0 Å². The van der Waals surface area contributed by atoms with Gasteiger partial charge in [-0.15, -0.1) is 0 Å². The average Bonchev–Trinajstić information content (AvgIpc) is 2.71. The highest BCUT2D eigenvalue weighted by atomic mass is 79.9. The number of carbonyl (C=O) groups excluding carboxylic acids is 1. The number of nitrogens with zero attached hydrogens (tertiary/aromatic N) is 2. The Morgan fingerprint density at radius 1 is 1.39 bits per heavy atom. The van der Waals surface area contributed by atoms with Crippen molar-refractivity contribution >= 4 is 37.6 Å². The second kappa shape index (κ2) is 5.62. The van der Waals surface area contributed by atoms with Crippen LogP contribution in [0.4, 0.5) is 0 Å². The molecule has 0 unspecified atom stereocenters. The zero-order valence-corrected chi connectivity index (χ0v) is 12.2. The first-order valence-corrected chi connectivity index (χ1v) is 6.86. The first-order valence-electron chi connectivity index (χ1n) is 5.02. The summed E-state index contributed by atoms with van der Waals surface area (Å²) in [5.41, 5.74) is 0.836. The number of carbonyl (C=O) groups is 1. The number of aromatic nitrogens is 2. The van der Waals surface area contributed by atoms with E-state index in [2.05, 4.69) is 41.7 Å². The smallest absolute Gasteiger partial charge is 0.302 e. The van der Waals surface area contributed by atoms with Crippen molar-refractivity contribution < 1.29 is 19.1 Å². The Morgan fingerprint density at radius 3 is 2.67 bits per heavy atom. The standard InChI is InChI=1S/C11H8Br2N2O3/c12-10(13)9(16)8-11(17)18-14-15(8)6-7-4-2-1-3-5-7/h1-5,10H,6H2. The average molecular weight is 376 g/mol. The molecule has 1 aromatic carbocycles. The molecule has 0 fully saturated rings. The number of rotatable bonds is 4. The van der Waals surface area contributed by atoms with Crippen molar-refractivity contribution in [3.8, 4) is 5.95 Å². The lowest BCUT2D eigenvalue weighted by Crippen LogP contribution is -2.43. The normalized spacial score (nSPS) is 10.8. The van der Waals surface area contributed by atoms with Crippen molar-refractivity contribution in [1.82, 2.24) is 5.27 Å². The molecule has 0 aliphatic carbocycles. The number of alkyl halides is 2. The summed E-state index contributed by atoms with van der Waals surface area (Å²) in [5.74, 6) is -1.16. The van der Waals surface area contributed by atoms with Gasteiger partial charge in [0, 0.05) is 5.56 Å². The van der Waals surface area contributed by atoms with Crippen LogP contribution < -0.4 is 9.79 Å². The number of hydrogen-bond acceptors (Lipinski definition) is 4. The van der Waals surface area contributed by atoms with E-state index >= 15 is 0 Å². The fourth-order valence-corrected chi connectivity index (χ4v) is 1.90. The van der Waals surface area contributed by atoms with Gasteiger partial charge < -0.3 is 9.63 Å². The minimum atomic E-state index is -0.736. The first-order chi connectivity index (χ1) is 8.59. The summed E-state index contributed by atoms with van der Waals surface area (Å²) < 4.78 is 5.15. The first kappa shape index (κ1) is 13.2. The lowest BCUT2D eigenvalue weighted by molar-refractivity contribution is -0.756. The van der Waals surface area contributed by atoms with Gasteiger partial charge in [0.15, 0.2) is 5.95 Å². The lowest BCUT2D eigenvalue weighted by Gasteiger charge is -1.99. The van der Waals surface area contributed by atoms with Crippen molar-refractivity contribution in [2.75, 3.05) is 0 Å². The number of ketones is 1. The Bertz CT molecular complexity index is 555. The second-order valence-corrected chi connectivity index (χ2v) is 6.58. The van der Waals surface area contributed by atoms with E-state index in [1.54, 1.807) is 0 Å². The monoisotopic (exact) mass is 374 g/mol. The van der Waals surface area contributed by atoms with Crippen LogP contribution in [0.5, 0.6) is 5.95 Å². The van der Waals surface area contributed by atoms with Crippen LogP contribution in [0.1, 0.15) is 16.1 Å². The molecule has 0 spiro atoms. The van der Waals surface area contributed by atoms with Gasteiger partial charge in [-0.2, -0.15) is 0 Å². The Balaban J connectivity index is 2.32. The highest BCUT2D eigenvalue weighted by Crippen LogP contribution is 2.18. The Morgan fingerprint density at radius 2 is 2.06 bits per heavy atom. The molecule has 0 saturated heterocycles. The third-order valence-electron chi connectivity index (χ3n) is 2.28. The van der Waals surface area contributed by atoms with Crippen LogP contribution in [0, 0.1) is 0 Å². The van der Waals surface area contributed by atoms with Crippen LogP contribution in [-0.2, 0) is 6.54 Å². The van der Waals surface area contributed by atoms with E-state index in [1.807, 2.05) is 30.3 Å². The third-order valence-corrected chi connectivity index (χ3v) is 3.11. The summed E-state index contributed by atoms with van der Waals surface area (Å²) in [6.07, 6.45) is 0. The summed E-state index contributed by atoms with van der Waals surface area (Å²) >= 11 is 6.12. The molecule has 0 saturated carbocycles. The number of Topliss-reactive ketones (excluding diaryl/α,β-unsaturated/α-hetero) is 1. The molecule has 2 rings (SSSR count). The maximum atomic E-state index is 11.8. The van der Waals surface area contributed by atoms with Gasteiger partial charge in [-0.1, -0.05) is 66.9 Å². The SMILES string of the molecule is O=C(c1c([O-])on[n+]1Cc1ccccc1)C(Br)Br. The van der Waals surface area contributed by atoms with Gasteiger partial charge in [0.25, 0.3) is 5.78 Å². The van der Waals surface area contributed by atoms with Crippen LogP contribution in [0.2, 0.25) is 0 Å². The van der Waals surface area contributed by atoms with Gasteiger partial charge in [0.1, 0.15) is 3.74 Å². The zero-order valence-electron chi connectivity index (χ0n) is 9.05. The molecule has 0 aliphatic heterocycles. The topological polar surface area (TPSA) is 70.0 Å². The Kier molecular flexibility index (Phi) is 4.13. The lowest BCUT2D eigenvalue weighted by atomic mass is 10.2. The molecule has 7 heteroatoms. The van der Waals surface area contributed by atoms with Gasteiger partial charge in [-0.25, -0.2) is 0 Å². The van der Waals surface area contributed by atoms with Gasteiger partial charge in [0.05, 0.1) is 5.27 Å². The predicted octanol–water partition coefficient (Wildman–Crippen LogP) is 1.38. The predicted molar refractivity (Wildman–Crippen MR) is 67.7 cm³/mol. The summed E-state index contributed by atoms with van der Waals surface area (Å²) in [6.45, 7) is 0.306. The van der Waals surface area contributed by atoms with Crippen molar-refractivity contribution in [3.05, 3.63) is 41.6 Å². The van der Waals surface area contributed by atoms with Crippen LogP contribution in [-0.4, -0.2) is 14.8 Å². The van der Waals surface area contributed by atoms with E-state index < -0.39 is 15.5 Å². The van der Waals surface area contributed by atoms with E-state index in [0.29, 0.717) is 6.54 Å². The van der Waals surface area contributed by atoms with Crippen molar-refractivity contribution in [2.45, 2.75) is 10.3 Å². The molecule has 0 radical (unpaired) electrons. The van der Waals surface area contributed by atoms with E-state index in [-0.39, 0.29) is 5.69 Å². The molecule has 5 nitrogen and oxygen atoms in total. The summed E-state index contributed by atoms with van der Waals surface area (Å²) in [5, 5.41) is 15.0. The number of halogens is 2. The van der Waals surface area contributed by atoms with Crippen LogP contribution in [0.25, 0.3) is 0 Å². The summed E-state index contributed by atoms with van der Waals surface area (Å²) in [7, 11) is 0. The van der Waals surface area contributed by atoms with Crippen LogP contribution in [0.15, 0.2) is 34.9 Å². The maximum absolute atomic E-state index is 11.8. The maximum Gasteiger partial charge on any atom is 0.302 e. The molecular weight excluding hydrogens is 368 g/mol. The number of hydrogen-bond donors (Lipinski definition) is 0. The number of benzene rings is 1. The molecule has 0 N–H and O–H groups in total. The minimum absolute atomic E-state index is 0.0856. The quantitative estimate of drug-likeness (QED) is 0.460. The molecule has 18 heavy (non-hydrogen) atoms. The van der Waals surface area contributed by atoms with E-state index in [1.165, 1.54) is 4.68 Å². The minimum Gasteiger partial charge on any atom is -0.539 e. The van der Waals surface area contributed by atoms with Gasteiger partial charge in [0.2, 0.25) is 6.54 Å². The Hall–Kier alpha value is -1.21. The van der Waals surface area contributed by atoms with Gasteiger partial charge in [-0.05, 0) is 0 Å². The van der Waals surface area contributed by atoms with Crippen LogP contribution >= 0.6 is 31.9 Å². The molecular formula is C11H8Br2N2O3.